The van der Waals surface area contributed by atoms with E-state index in [0.29, 0.717) is 11.5 Å². The molecule has 0 amide bonds. The lowest BCUT2D eigenvalue weighted by Crippen LogP contribution is -2.53. The smallest absolute Gasteiger partial charge is 0.0274 e. The van der Waals surface area contributed by atoms with Crippen LogP contribution in [0.2, 0.25) is 0 Å². The van der Waals surface area contributed by atoms with Gasteiger partial charge in [0.2, 0.25) is 0 Å². The minimum absolute atomic E-state index is 0.465. The second-order valence-electron chi connectivity index (χ2n) is 7.41. The highest BCUT2D eigenvalue weighted by Crippen LogP contribution is 2.40. The molecule has 2 aliphatic carbocycles. The predicted molar refractivity (Wildman–Crippen MR) is 83.5 cm³/mol. The normalized spacial score (nSPS) is 30.8. The van der Waals surface area contributed by atoms with Crippen molar-refractivity contribution in [2.45, 2.75) is 78.3 Å². The molecule has 2 atom stereocenters. The van der Waals surface area contributed by atoms with Crippen LogP contribution in [0, 0.1) is 11.3 Å². The molecule has 1 N–H and O–H groups in total. The number of nitrogens with one attached hydrogen (secondary N) is 1. The lowest BCUT2D eigenvalue weighted by molar-refractivity contribution is 0.108. The number of hydrogen-bond acceptors (Lipinski definition) is 2. The molecule has 2 fully saturated rings. The number of likely N-dealkylation sites (N-methyl/N-ethyl adjacent to an activating group) is 1. The Hall–Kier alpha value is -0.0800. The summed E-state index contributed by atoms with van der Waals surface area (Å²) in [4.78, 5) is 2.78. The zero-order valence-electron chi connectivity index (χ0n) is 13.5. The quantitative estimate of drug-likeness (QED) is 0.756. The highest BCUT2D eigenvalue weighted by atomic mass is 15.2. The van der Waals surface area contributed by atoms with Crippen molar-refractivity contribution < 1.29 is 0 Å². The molecule has 0 aliphatic heterocycles. The zero-order valence-corrected chi connectivity index (χ0v) is 13.5. The maximum absolute atomic E-state index is 3.85. The summed E-state index contributed by atoms with van der Waals surface area (Å²) < 4.78 is 0. The van der Waals surface area contributed by atoms with Crippen molar-refractivity contribution in [1.29, 1.82) is 0 Å². The van der Waals surface area contributed by atoms with Gasteiger partial charge >= 0.3 is 0 Å². The Kier molecular flexibility index (Phi) is 5.30. The van der Waals surface area contributed by atoms with Gasteiger partial charge in [-0.25, -0.2) is 0 Å². The van der Waals surface area contributed by atoms with Gasteiger partial charge in [0.15, 0.2) is 0 Å². The molecule has 2 nitrogen and oxygen atoms in total. The number of rotatable bonds is 7. The second kappa shape index (κ2) is 6.58. The fourth-order valence-corrected chi connectivity index (χ4v) is 3.97. The third kappa shape index (κ3) is 3.52. The van der Waals surface area contributed by atoms with Gasteiger partial charge in [-0.2, -0.15) is 0 Å². The molecule has 0 aromatic heterocycles. The van der Waals surface area contributed by atoms with Gasteiger partial charge < -0.3 is 5.32 Å². The first-order chi connectivity index (χ1) is 9.08. The maximum Gasteiger partial charge on any atom is 0.0274 e. The minimum Gasteiger partial charge on any atom is -0.312 e. The van der Waals surface area contributed by atoms with Crippen molar-refractivity contribution in [1.82, 2.24) is 10.2 Å². The third-order valence-electron chi connectivity index (χ3n) is 5.52. The van der Waals surface area contributed by atoms with E-state index in [9.17, 15) is 0 Å². The summed E-state index contributed by atoms with van der Waals surface area (Å²) in [5, 5.41) is 3.85. The predicted octanol–water partition coefficient (Wildman–Crippen LogP) is 3.67. The molecule has 0 saturated heterocycles. The van der Waals surface area contributed by atoms with E-state index in [1.165, 1.54) is 58.2 Å². The minimum atomic E-state index is 0.465. The first-order valence-electron chi connectivity index (χ1n) is 8.56. The highest BCUT2D eigenvalue weighted by molar-refractivity contribution is 5.01. The molecule has 0 bridgehead atoms. The van der Waals surface area contributed by atoms with Crippen LogP contribution in [0.5, 0.6) is 0 Å². The van der Waals surface area contributed by atoms with Crippen molar-refractivity contribution in [2.75, 3.05) is 19.6 Å². The van der Waals surface area contributed by atoms with Crippen LogP contribution >= 0.6 is 0 Å². The average Bonchev–Trinajstić information content (AvgIpc) is 2.61. The van der Waals surface area contributed by atoms with Gasteiger partial charge in [-0.3, -0.25) is 4.90 Å². The van der Waals surface area contributed by atoms with E-state index in [1.807, 2.05) is 0 Å². The fourth-order valence-electron chi connectivity index (χ4n) is 3.97. The standard InChI is InChI=1S/C17H34N2/c1-5-12-18-16-15(10-11-17(16,3)4)19(6-2)13-14-8-7-9-14/h14-16,18H,5-13H2,1-4H3. The van der Waals surface area contributed by atoms with Gasteiger partial charge in [0.05, 0.1) is 0 Å². The zero-order chi connectivity index (χ0) is 13.9. The molecular weight excluding hydrogens is 232 g/mol. The Morgan fingerprint density at radius 2 is 1.89 bits per heavy atom. The summed E-state index contributed by atoms with van der Waals surface area (Å²) in [7, 11) is 0. The molecule has 2 heteroatoms. The van der Waals surface area contributed by atoms with Gasteiger partial charge in [0.1, 0.15) is 0 Å². The lowest BCUT2D eigenvalue weighted by atomic mass is 9.83. The molecule has 2 saturated carbocycles. The molecule has 0 spiro atoms. The van der Waals surface area contributed by atoms with Crippen molar-refractivity contribution >= 4 is 0 Å². The second-order valence-corrected chi connectivity index (χ2v) is 7.41. The lowest BCUT2D eigenvalue weighted by Gasteiger charge is -2.40. The van der Waals surface area contributed by atoms with Crippen molar-refractivity contribution in [3.8, 4) is 0 Å². The molecule has 0 radical (unpaired) electrons. The molecular formula is C17H34N2. The molecule has 2 aliphatic rings. The summed E-state index contributed by atoms with van der Waals surface area (Å²) in [6.07, 6.45) is 8.42. The molecule has 0 aromatic carbocycles. The SMILES string of the molecule is CCCNC1C(N(CC)CC2CCC2)CCC1(C)C. The molecule has 2 rings (SSSR count). The van der Waals surface area contributed by atoms with Crippen molar-refractivity contribution in [3.05, 3.63) is 0 Å². The summed E-state index contributed by atoms with van der Waals surface area (Å²) in [5.41, 5.74) is 0.465. The topological polar surface area (TPSA) is 15.3 Å². The first-order valence-corrected chi connectivity index (χ1v) is 8.56. The van der Waals surface area contributed by atoms with E-state index >= 15 is 0 Å². The Morgan fingerprint density at radius 1 is 1.16 bits per heavy atom. The summed E-state index contributed by atoms with van der Waals surface area (Å²) in [6, 6.07) is 1.46. The van der Waals surface area contributed by atoms with Gasteiger partial charge in [0.25, 0.3) is 0 Å². The summed E-state index contributed by atoms with van der Waals surface area (Å²) >= 11 is 0. The summed E-state index contributed by atoms with van der Waals surface area (Å²) in [5.74, 6) is 0.996. The Morgan fingerprint density at radius 3 is 2.42 bits per heavy atom. The van der Waals surface area contributed by atoms with E-state index < -0.39 is 0 Å². The van der Waals surface area contributed by atoms with E-state index in [0.717, 1.165) is 12.0 Å². The molecule has 0 heterocycles. The van der Waals surface area contributed by atoms with Gasteiger partial charge in [0, 0.05) is 18.6 Å². The van der Waals surface area contributed by atoms with Crippen LogP contribution in [-0.2, 0) is 0 Å². The van der Waals surface area contributed by atoms with E-state index in [-0.39, 0.29) is 0 Å². The van der Waals surface area contributed by atoms with Crippen LogP contribution < -0.4 is 5.32 Å². The average molecular weight is 266 g/mol. The van der Waals surface area contributed by atoms with Gasteiger partial charge in [-0.1, -0.05) is 34.1 Å². The first kappa shape index (κ1) is 15.3. The van der Waals surface area contributed by atoms with Gasteiger partial charge in [-0.15, -0.1) is 0 Å². The molecule has 2 unspecified atom stereocenters. The van der Waals surface area contributed by atoms with Crippen LogP contribution in [0.3, 0.4) is 0 Å². The van der Waals surface area contributed by atoms with Crippen LogP contribution in [0.25, 0.3) is 0 Å². The number of nitrogens with zero attached hydrogens (tertiary/aromatic N) is 1. The highest BCUT2D eigenvalue weighted by Gasteiger charge is 2.44. The largest absolute Gasteiger partial charge is 0.312 e. The van der Waals surface area contributed by atoms with Crippen molar-refractivity contribution in [2.24, 2.45) is 11.3 Å². The van der Waals surface area contributed by atoms with Crippen LogP contribution in [-0.4, -0.2) is 36.6 Å². The Balaban J connectivity index is 1.97. The van der Waals surface area contributed by atoms with Crippen LogP contribution in [0.4, 0.5) is 0 Å². The van der Waals surface area contributed by atoms with Crippen molar-refractivity contribution in [3.63, 3.8) is 0 Å². The number of hydrogen-bond donors (Lipinski definition) is 1. The van der Waals surface area contributed by atoms with Gasteiger partial charge in [-0.05, 0) is 56.5 Å². The van der Waals surface area contributed by atoms with E-state index in [2.05, 4.69) is 37.9 Å². The monoisotopic (exact) mass is 266 g/mol. The molecule has 0 aromatic rings. The van der Waals surface area contributed by atoms with E-state index in [1.54, 1.807) is 0 Å². The third-order valence-corrected chi connectivity index (χ3v) is 5.52. The Bertz CT molecular complexity index is 270. The summed E-state index contributed by atoms with van der Waals surface area (Å²) in [6.45, 7) is 13.3. The maximum atomic E-state index is 3.85. The fraction of sp³-hybridized carbons (Fsp3) is 1.00. The van der Waals surface area contributed by atoms with Crippen LogP contribution in [0.15, 0.2) is 0 Å². The Labute approximate surface area is 120 Å². The molecule has 19 heavy (non-hydrogen) atoms. The van der Waals surface area contributed by atoms with E-state index in [4.69, 9.17) is 0 Å². The molecule has 112 valence electrons. The van der Waals surface area contributed by atoms with Crippen LogP contribution in [0.1, 0.15) is 66.2 Å².